The molecule has 4 N–H and O–H groups in total. The molecule has 2 unspecified atom stereocenters. The number of hydrogen-bond acceptors (Lipinski definition) is 3. The lowest BCUT2D eigenvalue weighted by atomic mass is 10.3. The predicted octanol–water partition coefficient (Wildman–Crippen LogP) is -0.696. The van der Waals surface area contributed by atoms with Crippen LogP contribution in [0.3, 0.4) is 0 Å². The molecule has 0 aliphatic rings. The lowest BCUT2D eigenvalue weighted by molar-refractivity contribution is 0.243. The van der Waals surface area contributed by atoms with Crippen LogP contribution in [-0.2, 0) is 0 Å². The summed E-state index contributed by atoms with van der Waals surface area (Å²) in [5.74, 6) is 0. The number of aliphatic hydroxyl groups excluding tert-OH is 1. The van der Waals surface area contributed by atoms with Crippen molar-refractivity contribution in [2.45, 2.75) is 25.9 Å². The Morgan fingerprint density at radius 3 is 2.33 bits per heavy atom. The Morgan fingerprint density at radius 2 is 2.00 bits per heavy atom. The van der Waals surface area contributed by atoms with Crippen molar-refractivity contribution in [1.82, 2.24) is 5.32 Å². The molecule has 0 radical (unpaired) electrons. The number of nitrogens with two attached hydrogens (primary N) is 1. The van der Waals surface area contributed by atoms with Gasteiger partial charge in [0.1, 0.15) is 0 Å². The van der Waals surface area contributed by atoms with E-state index < -0.39 is 0 Å². The fourth-order valence-corrected chi connectivity index (χ4v) is 0.606. The first-order chi connectivity index (χ1) is 4.20. The first kappa shape index (κ1) is 8.88. The van der Waals surface area contributed by atoms with Crippen LogP contribution in [-0.4, -0.2) is 30.3 Å². The van der Waals surface area contributed by atoms with Gasteiger partial charge in [0.15, 0.2) is 0 Å². The van der Waals surface area contributed by atoms with Crippen molar-refractivity contribution in [2.24, 2.45) is 5.73 Å². The van der Waals surface area contributed by atoms with E-state index in [4.69, 9.17) is 10.8 Å². The van der Waals surface area contributed by atoms with Crippen LogP contribution in [0.1, 0.15) is 13.8 Å². The molecule has 0 aromatic rings. The second kappa shape index (κ2) is 4.73. The average Bonchev–Trinajstić information content (AvgIpc) is 1.87. The van der Waals surface area contributed by atoms with Gasteiger partial charge in [0.05, 0.1) is 6.61 Å². The fraction of sp³-hybridized carbons (Fsp3) is 1.00. The Bertz CT molecular complexity index is 60.1. The lowest BCUT2D eigenvalue weighted by Gasteiger charge is -2.15. The lowest BCUT2D eigenvalue weighted by Crippen LogP contribution is -2.40. The molecule has 0 spiro atoms. The summed E-state index contributed by atoms with van der Waals surface area (Å²) in [6.07, 6.45) is 0. The predicted molar refractivity (Wildman–Crippen MR) is 38.2 cm³/mol. The second-order valence-corrected chi connectivity index (χ2v) is 2.39. The molecule has 0 aromatic heterocycles. The molecule has 0 saturated carbocycles. The Balaban J connectivity index is 3.22. The van der Waals surface area contributed by atoms with Gasteiger partial charge in [0.2, 0.25) is 0 Å². The minimum atomic E-state index is 0.156. The molecule has 0 aliphatic carbocycles. The van der Waals surface area contributed by atoms with Crippen molar-refractivity contribution in [3.05, 3.63) is 0 Å². The van der Waals surface area contributed by atoms with E-state index >= 15 is 0 Å². The maximum atomic E-state index is 8.58. The highest BCUT2D eigenvalue weighted by Crippen LogP contribution is 1.82. The molecule has 0 heterocycles. The molecule has 3 nitrogen and oxygen atoms in total. The third-order valence-corrected chi connectivity index (χ3v) is 1.20. The van der Waals surface area contributed by atoms with Gasteiger partial charge in [0.25, 0.3) is 0 Å². The zero-order valence-electron chi connectivity index (χ0n) is 6.09. The minimum Gasteiger partial charge on any atom is -0.395 e. The molecule has 0 aromatic carbocycles. The van der Waals surface area contributed by atoms with E-state index in [-0.39, 0.29) is 12.6 Å². The Kier molecular flexibility index (Phi) is 4.67. The first-order valence-corrected chi connectivity index (χ1v) is 3.27. The number of hydrogen-bond donors (Lipinski definition) is 3. The highest BCUT2D eigenvalue weighted by molar-refractivity contribution is 4.65. The van der Waals surface area contributed by atoms with Crippen LogP contribution in [0.2, 0.25) is 0 Å². The molecular weight excluding hydrogens is 116 g/mol. The van der Waals surface area contributed by atoms with Crippen molar-refractivity contribution in [1.29, 1.82) is 0 Å². The maximum Gasteiger partial charge on any atom is 0.0582 e. The van der Waals surface area contributed by atoms with Crippen molar-refractivity contribution in [2.75, 3.05) is 13.2 Å². The van der Waals surface area contributed by atoms with Gasteiger partial charge in [-0.05, 0) is 13.8 Å². The van der Waals surface area contributed by atoms with Crippen molar-refractivity contribution >= 4 is 0 Å². The summed E-state index contributed by atoms with van der Waals surface area (Å²) in [4.78, 5) is 0. The van der Waals surface area contributed by atoms with Crippen LogP contribution >= 0.6 is 0 Å². The van der Waals surface area contributed by atoms with Crippen molar-refractivity contribution < 1.29 is 5.11 Å². The van der Waals surface area contributed by atoms with Crippen molar-refractivity contribution in [3.63, 3.8) is 0 Å². The summed E-state index contributed by atoms with van der Waals surface area (Å²) < 4.78 is 0. The van der Waals surface area contributed by atoms with Gasteiger partial charge < -0.3 is 16.2 Å². The van der Waals surface area contributed by atoms with E-state index in [1.807, 2.05) is 13.8 Å². The third-order valence-electron chi connectivity index (χ3n) is 1.20. The standard InChI is InChI=1S/C6H16N2O/c1-5(3-7)8-6(2)4-9/h5-6,8-9H,3-4,7H2,1-2H3. The molecule has 9 heavy (non-hydrogen) atoms. The molecule has 0 bridgehead atoms. The molecule has 0 amide bonds. The minimum absolute atomic E-state index is 0.156. The molecular formula is C6H16N2O. The van der Waals surface area contributed by atoms with E-state index in [1.54, 1.807) is 0 Å². The van der Waals surface area contributed by atoms with Crippen molar-refractivity contribution in [3.8, 4) is 0 Å². The Morgan fingerprint density at radius 1 is 1.44 bits per heavy atom. The highest BCUT2D eigenvalue weighted by Gasteiger charge is 2.02. The SMILES string of the molecule is CC(CN)NC(C)CO. The molecule has 0 fully saturated rings. The number of nitrogens with one attached hydrogen (secondary N) is 1. The maximum absolute atomic E-state index is 8.58. The summed E-state index contributed by atoms with van der Waals surface area (Å²) in [7, 11) is 0. The summed E-state index contributed by atoms with van der Waals surface area (Å²) >= 11 is 0. The molecule has 0 rings (SSSR count). The molecule has 0 aliphatic heterocycles. The fourth-order valence-electron chi connectivity index (χ4n) is 0.606. The van der Waals surface area contributed by atoms with Gasteiger partial charge in [0, 0.05) is 18.6 Å². The van der Waals surface area contributed by atoms with Gasteiger partial charge in [-0.2, -0.15) is 0 Å². The van der Waals surface area contributed by atoms with Gasteiger partial charge in [-0.1, -0.05) is 0 Å². The van der Waals surface area contributed by atoms with Gasteiger partial charge >= 0.3 is 0 Å². The highest BCUT2D eigenvalue weighted by atomic mass is 16.3. The van der Waals surface area contributed by atoms with E-state index in [0.717, 1.165) is 0 Å². The third kappa shape index (κ3) is 4.39. The van der Waals surface area contributed by atoms with Gasteiger partial charge in [-0.3, -0.25) is 0 Å². The van der Waals surface area contributed by atoms with E-state index in [0.29, 0.717) is 12.6 Å². The topological polar surface area (TPSA) is 58.3 Å². The van der Waals surface area contributed by atoms with Crippen LogP contribution in [0.25, 0.3) is 0 Å². The van der Waals surface area contributed by atoms with Gasteiger partial charge in [-0.25, -0.2) is 0 Å². The van der Waals surface area contributed by atoms with E-state index in [9.17, 15) is 0 Å². The van der Waals surface area contributed by atoms with Crippen LogP contribution in [0.4, 0.5) is 0 Å². The Labute approximate surface area is 56.2 Å². The van der Waals surface area contributed by atoms with E-state index in [1.165, 1.54) is 0 Å². The quantitative estimate of drug-likeness (QED) is 0.474. The normalized spacial score (nSPS) is 17.3. The summed E-state index contributed by atoms with van der Waals surface area (Å²) in [6.45, 7) is 4.70. The largest absolute Gasteiger partial charge is 0.395 e. The van der Waals surface area contributed by atoms with E-state index in [2.05, 4.69) is 5.32 Å². The van der Waals surface area contributed by atoms with Crippen LogP contribution in [0.5, 0.6) is 0 Å². The zero-order chi connectivity index (χ0) is 7.28. The molecule has 0 saturated heterocycles. The smallest absolute Gasteiger partial charge is 0.0582 e. The number of aliphatic hydroxyl groups is 1. The van der Waals surface area contributed by atoms with Crippen LogP contribution in [0, 0.1) is 0 Å². The Hall–Kier alpha value is -0.120. The van der Waals surface area contributed by atoms with Crippen LogP contribution in [0.15, 0.2) is 0 Å². The monoisotopic (exact) mass is 132 g/mol. The average molecular weight is 132 g/mol. The summed E-state index contributed by atoms with van der Waals surface area (Å²) in [5, 5.41) is 11.7. The summed E-state index contributed by atoms with van der Waals surface area (Å²) in [5.41, 5.74) is 5.33. The van der Waals surface area contributed by atoms with Crippen LogP contribution < -0.4 is 11.1 Å². The summed E-state index contributed by atoms with van der Waals surface area (Å²) in [6, 6.07) is 0.454. The zero-order valence-corrected chi connectivity index (χ0v) is 6.09. The molecule has 3 heteroatoms. The second-order valence-electron chi connectivity index (χ2n) is 2.39. The molecule has 2 atom stereocenters. The number of rotatable bonds is 4. The first-order valence-electron chi connectivity index (χ1n) is 3.27. The molecule has 56 valence electrons. The van der Waals surface area contributed by atoms with Gasteiger partial charge in [-0.15, -0.1) is 0 Å².